The van der Waals surface area contributed by atoms with Crippen LogP contribution in [0, 0.1) is 0 Å². The first-order valence-corrected chi connectivity index (χ1v) is 11.4. The lowest BCUT2D eigenvalue weighted by Crippen LogP contribution is -2.35. The van der Waals surface area contributed by atoms with E-state index in [2.05, 4.69) is 39.6 Å². The normalized spacial score (nSPS) is 15.8. The van der Waals surface area contributed by atoms with Gasteiger partial charge in [-0.25, -0.2) is 15.0 Å². The molecule has 2 N–H and O–H groups in total. The molecule has 7 heteroatoms. The molecule has 6 nitrogen and oxygen atoms in total. The predicted octanol–water partition coefficient (Wildman–Crippen LogP) is 4.74. The van der Waals surface area contributed by atoms with Crippen molar-refractivity contribution in [2.45, 2.75) is 18.3 Å². The first-order chi connectivity index (χ1) is 15.7. The fourth-order valence-corrected chi connectivity index (χ4v) is 5.81. The van der Waals surface area contributed by atoms with E-state index in [9.17, 15) is 4.79 Å². The molecule has 0 saturated carbocycles. The van der Waals surface area contributed by atoms with Gasteiger partial charge in [-0.3, -0.25) is 4.79 Å². The van der Waals surface area contributed by atoms with Crippen LogP contribution in [0.25, 0.3) is 33.1 Å². The predicted molar refractivity (Wildman–Crippen MR) is 125 cm³/mol. The molecule has 1 spiro atoms. The summed E-state index contributed by atoms with van der Waals surface area (Å²) in [6, 6.07) is 18.3. The van der Waals surface area contributed by atoms with Crippen molar-refractivity contribution in [1.82, 2.24) is 19.9 Å². The molecule has 2 aromatic carbocycles. The molecule has 2 aliphatic rings. The maximum absolute atomic E-state index is 12.9. The Morgan fingerprint density at radius 2 is 1.81 bits per heavy atom. The van der Waals surface area contributed by atoms with E-state index < -0.39 is 5.41 Å². The number of rotatable bonds is 2. The molecule has 1 atom stereocenters. The second-order valence-corrected chi connectivity index (χ2v) is 9.27. The molecule has 5 aromatic rings. The molecule has 0 bridgehead atoms. The van der Waals surface area contributed by atoms with Crippen LogP contribution in [0.1, 0.15) is 16.7 Å². The average Bonchev–Trinajstić information content (AvgIpc) is 3.58. The minimum atomic E-state index is -0.562. The highest BCUT2D eigenvalue weighted by atomic mass is 32.1. The summed E-state index contributed by atoms with van der Waals surface area (Å²) in [7, 11) is 0. The third-order valence-electron chi connectivity index (χ3n) is 6.55. The number of fused-ring (bicyclic) bond motifs is 4. The number of thiazole rings is 1. The van der Waals surface area contributed by atoms with Crippen molar-refractivity contribution < 1.29 is 4.79 Å². The summed E-state index contributed by atoms with van der Waals surface area (Å²) in [5.74, 6) is 1.50. The Balaban J connectivity index is 1.26. The van der Waals surface area contributed by atoms with E-state index in [0.717, 1.165) is 38.7 Å². The number of nitrogens with one attached hydrogen (secondary N) is 2. The number of anilines is 1. The van der Waals surface area contributed by atoms with Gasteiger partial charge in [0.2, 0.25) is 5.91 Å². The monoisotopic (exact) mass is 435 g/mol. The number of imidazole rings is 1. The van der Waals surface area contributed by atoms with Crippen LogP contribution < -0.4 is 5.32 Å². The Kier molecular flexibility index (Phi) is 3.52. The molecule has 0 fully saturated rings. The standard InChI is InChI=1S/C25H17N5OS/c31-24-25(17-7-4-8-26-21(17)30-24)11-15-9-18-19(10-16(15)12-25)28-22(27-18)20-13-32-23(29-20)14-5-2-1-3-6-14/h1-10,13H,11-12H2,(H,27,28)(H,26,30,31). The van der Waals surface area contributed by atoms with Gasteiger partial charge in [0.1, 0.15) is 16.5 Å². The summed E-state index contributed by atoms with van der Waals surface area (Å²) in [6.45, 7) is 0. The second-order valence-electron chi connectivity index (χ2n) is 8.42. The number of benzene rings is 2. The Morgan fingerprint density at radius 3 is 2.69 bits per heavy atom. The molecule has 4 heterocycles. The molecule has 1 aliphatic carbocycles. The number of H-pyrrole nitrogens is 1. The van der Waals surface area contributed by atoms with Crippen LogP contribution in [0.4, 0.5) is 5.82 Å². The third kappa shape index (κ3) is 2.45. The molecule has 1 amide bonds. The van der Waals surface area contributed by atoms with Crippen LogP contribution in [0.5, 0.6) is 0 Å². The number of hydrogen-bond donors (Lipinski definition) is 2. The SMILES string of the molecule is O=C1Nc2ncccc2C12Cc1cc3nc(-c4csc(-c5ccccc5)n4)[nH]c3cc1C2. The van der Waals surface area contributed by atoms with Crippen molar-refractivity contribution in [3.8, 4) is 22.1 Å². The summed E-state index contributed by atoms with van der Waals surface area (Å²) in [6.07, 6.45) is 3.06. The van der Waals surface area contributed by atoms with E-state index in [4.69, 9.17) is 9.97 Å². The molecule has 32 heavy (non-hydrogen) atoms. The van der Waals surface area contributed by atoms with Gasteiger partial charge in [0, 0.05) is 22.7 Å². The number of amides is 1. The lowest BCUT2D eigenvalue weighted by atomic mass is 9.79. The average molecular weight is 436 g/mol. The maximum atomic E-state index is 12.9. The van der Waals surface area contributed by atoms with Gasteiger partial charge in [0.05, 0.1) is 16.4 Å². The molecule has 7 rings (SSSR count). The highest BCUT2D eigenvalue weighted by molar-refractivity contribution is 7.13. The molecular weight excluding hydrogens is 418 g/mol. The van der Waals surface area contributed by atoms with Gasteiger partial charge in [-0.2, -0.15) is 0 Å². The minimum Gasteiger partial charge on any atom is -0.337 e. The van der Waals surface area contributed by atoms with E-state index in [0.29, 0.717) is 18.7 Å². The maximum Gasteiger partial charge on any atom is 0.237 e. The van der Waals surface area contributed by atoms with Gasteiger partial charge in [-0.1, -0.05) is 36.4 Å². The zero-order chi connectivity index (χ0) is 21.3. The minimum absolute atomic E-state index is 0.0376. The highest BCUT2D eigenvalue weighted by Gasteiger charge is 2.51. The first kappa shape index (κ1) is 17.8. The van der Waals surface area contributed by atoms with Gasteiger partial charge in [-0.05, 0) is 42.2 Å². The third-order valence-corrected chi connectivity index (χ3v) is 7.44. The fraction of sp³-hybridized carbons (Fsp3) is 0.120. The van der Waals surface area contributed by atoms with Gasteiger partial charge in [0.25, 0.3) is 0 Å². The molecule has 1 unspecified atom stereocenters. The van der Waals surface area contributed by atoms with Crippen LogP contribution in [-0.4, -0.2) is 25.8 Å². The number of carbonyl (C=O) groups excluding carboxylic acids is 1. The quantitative estimate of drug-likeness (QED) is 0.420. The van der Waals surface area contributed by atoms with Crippen molar-refractivity contribution in [1.29, 1.82) is 0 Å². The Morgan fingerprint density at radius 1 is 0.969 bits per heavy atom. The number of nitrogens with zero attached hydrogens (tertiary/aromatic N) is 3. The summed E-state index contributed by atoms with van der Waals surface area (Å²) in [5, 5.41) is 5.98. The lowest BCUT2D eigenvalue weighted by Gasteiger charge is -2.20. The molecule has 0 saturated heterocycles. The fourth-order valence-electron chi connectivity index (χ4n) is 5.00. The number of aromatic nitrogens is 4. The van der Waals surface area contributed by atoms with Crippen LogP contribution in [-0.2, 0) is 23.1 Å². The van der Waals surface area contributed by atoms with Crippen molar-refractivity contribution in [2.24, 2.45) is 0 Å². The summed E-state index contributed by atoms with van der Waals surface area (Å²) in [4.78, 5) is 30.3. The Hall–Kier alpha value is -3.84. The molecule has 0 radical (unpaired) electrons. The summed E-state index contributed by atoms with van der Waals surface area (Å²) < 4.78 is 0. The van der Waals surface area contributed by atoms with Gasteiger partial charge in [-0.15, -0.1) is 11.3 Å². The number of aromatic amines is 1. The topological polar surface area (TPSA) is 83.6 Å². The Bertz CT molecular complexity index is 1490. The van der Waals surface area contributed by atoms with Crippen molar-refractivity contribution in [3.63, 3.8) is 0 Å². The lowest BCUT2D eigenvalue weighted by molar-refractivity contribution is -0.120. The van der Waals surface area contributed by atoms with Crippen molar-refractivity contribution >= 4 is 34.1 Å². The van der Waals surface area contributed by atoms with E-state index in [-0.39, 0.29) is 5.91 Å². The molecule has 1 aliphatic heterocycles. The van der Waals surface area contributed by atoms with E-state index >= 15 is 0 Å². The van der Waals surface area contributed by atoms with Gasteiger partial charge >= 0.3 is 0 Å². The summed E-state index contributed by atoms with van der Waals surface area (Å²) in [5.41, 5.74) is 6.60. The van der Waals surface area contributed by atoms with Crippen LogP contribution in [0.2, 0.25) is 0 Å². The largest absolute Gasteiger partial charge is 0.337 e. The number of pyridine rings is 1. The van der Waals surface area contributed by atoms with E-state index in [1.165, 1.54) is 11.1 Å². The summed E-state index contributed by atoms with van der Waals surface area (Å²) >= 11 is 1.61. The molecular formula is C25H17N5OS. The van der Waals surface area contributed by atoms with Crippen LogP contribution >= 0.6 is 11.3 Å². The van der Waals surface area contributed by atoms with Crippen molar-refractivity contribution in [2.75, 3.05) is 5.32 Å². The van der Waals surface area contributed by atoms with E-state index in [1.807, 2.05) is 35.7 Å². The van der Waals surface area contributed by atoms with E-state index in [1.54, 1.807) is 17.5 Å². The van der Waals surface area contributed by atoms with Crippen molar-refractivity contribution in [3.05, 3.63) is 82.9 Å². The molecule has 3 aromatic heterocycles. The van der Waals surface area contributed by atoms with Gasteiger partial charge < -0.3 is 10.3 Å². The van der Waals surface area contributed by atoms with Gasteiger partial charge in [0.15, 0.2) is 5.82 Å². The van der Waals surface area contributed by atoms with Crippen LogP contribution in [0.15, 0.2) is 66.2 Å². The highest BCUT2D eigenvalue weighted by Crippen LogP contribution is 2.47. The van der Waals surface area contributed by atoms with Crippen LogP contribution in [0.3, 0.4) is 0 Å². The molecule has 154 valence electrons. The zero-order valence-electron chi connectivity index (χ0n) is 16.9. The smallest absolute Gasteiger partial charge is 0.237 e. The number of carbonyl (C=O) groups is 1. The second kappa shape index (κ2) is 6.34. The first-order valence-electron chi connectivity index (χ1n) is 10.5. The zero-order valence-corrected chi connectivity index (χ0v) is 17.7. The number of hydrogen-bond acceptors (Lipinski definition) is 5. The Labute approximate surface area is 187 Å².